The van der Waals surface area contributed by atoms with Gasteiger partial charge in [0.2, 0.25) is 0 Å². The van der Waals surface area contributed by atoms with E-state index in [1.807, 2.05) is 0 Å². The van der Waals surface area contributed by atoms with Gasteiger partial charge >= 0.3 is 5.97 Å². The van der Waals surface area contributed by atoms with Gasteiger partial charge in [0.15, 0.2) is 0 Å². The molecule has 0 aromatic carbocycles. The lowest BCUT2D eigenvalue weighted by Gasteiger charge is -2.49. The third kappa shape index (κ3) is 3.49. The van der Waals surface area contributed by atoms with Gasteiger partial charge < -0.3 is 10.2 Å². The van der Waals surface area contributed by atoms with Crippen molar-refractivity contribution in [3.8, 4) is 0 Å². The topological polar surface area (TPSA) is 57.5 Å². The van der Waals surface area contributed by atoms with Gasteiger partial charge in [-0.15, -0.1) is 0 Å². The number of rotatable bonds is 2. The SMILES string of the molecule is CC1(C)CC(C)(C)CC(O)(CC(=O)O)C1. The maximum atomic E-state index is 10.7. The van der Waals surface area contributed by atoms with Crippen molar-refractivity contribution in [3.63, 3.8) is 0 Å². The summed E-state index contributed by atoms with van der Waals surface area (Å²) in [6.07, 6.45) is 2.05. The molecule has 15 heavy (non-hydrogen) atoms. The molecule has 0 bridgehead atoms. The Morgan fingerprint density at radius 1 is 1.07 bits per heavy atom. The van der Waals surface area contributed by atoms with E-state index < -0.39 is 11.6 Å². The van der Waals surface area contributed by atoms with Crippen LogP contribution in [0.2, 0.25) is 0 Å². The highest BCUT2D eigenvalue weighted by Crippen LogP contribution is 2.51. The summed E-state index contributed by atoms with van der Waals surface area (Å²) >= 11 is 0. The Bertz CT molecular complexity index is 250. The van der Waals surface area contributed by atoms with E-state index in [-0.39, 0.29) is 17.3 Å². The number of carboxylic acid groups (broad SMARTS) is 1. The molecule has 0 aliphatic heterocycles. The molecule has 0 aromatic heterocycles. The van der Waals surface area contributed by atoms with E-state index in [4.69, 9.17) is 5.11 Å². The van der Waals surface area contributed by atoms with Crippen molar-refractivity contribution in [3.05, 3.63) is 0 Å². The van der Waals surface area contributed by atoms with E-state index >= 15 is 0 Å². The standard InChI is InChI=1S/C12H22O3/c1-10(2)6-11(3,4)8-12(15,7-10)5-9(13)14/h15H,5-8H2,1-4H3,(H,13,14). The molecule has 1 saturated carbocycles. The minimum Gasteiger partial charge on any atom is -0.481 e. The van der Waals surface area contributed by atoms with Crippen LogP contribution in [-0.4, -0.2) is 21.8 Å². The molecule has 1 aliphatic carbocycles. The summed E-state index contributed by atoms with van der Waals surface area (Å²) in [5.74, 6) is -0.911. The summed E-state index contributed by atoms with van der Waals surface area (Å²) in [6.45, 7) is 8.39. The summed E-state index contributed by atoms with van der Waals surface area (Å²) in [4.78, 5) is 10.7. The molecule has 0 heterocycles. The van der Waals surface area contributed by atoms with Crippen molar-refractivity contribution in [2.24, 2.45) is 10.8 Å². The minimum atomic E-state index is -1.03. The van der Waals surface area contributed by atoms with Crippen molar-refractivity contribution in [2.75, 3.05) is 0 Å². The molecule has 0 saturated heterocycles. The molecule has 88 valence electrons. The molecule has 3 heteroatoms. The molecular formula is C12H22O3. The smallest absolute Gasteiger partial charge is 0.306 e. The van der Waals surface area contributed by atoms with E-state index in [0.717, 1.165) is 6.42 Å². The van der Waals surface area contributed by atoms with Gasteiger partial charge in [-0.3, -0.25) is 4.79 Å². The van der Waals surface area contributed by atoms with E-state index in [9.17, 15) is 9.90 Å². The fraction of sp³-hybridized carbons (Fsp3) is 0.917. The molecule has 1 rings (SSSR count). The second-order valence-electron chi connectivity index (χ2n) is 6.65. The Kier molecular flexibility index (Phi) is 2.90. The van der Waals surface area contributed by atoms with Crippen LogP contribution in [0.15, 0.2) is 0 Å². The molecule has 0 spiro atoms. The van der Waals surface area contributed by atoms with Crippen molar-refractivity contribution < 1.29 is 15.0 Å². The van der Waals surface area contributed by atoms with E-state index in [1.165, 1.54) is 0 Å². The lowest BCUT2D eigenvalue weighted by Crippen LogP contribution is -2.47. The number of hydrogen-bond acceptors (Lipinski definition) is 2. The second kappa shape index (κ2) is 3.48. The monoisotopic (exact) mass is 214 g/mol. The largest absolute Gasteiger partial charge is 0.481 e. The van der Waals surface area contributed by atoms with E-state index in [0.29, 0.717) is 12.8 Å². The normalized spacial score (nSPS) is 27.3. The van der Waals surface area contributed by atoms with Crippen molar-refractivity contribution >= 4 is 5.97 Å². The van der Waals surface area contributed by atoms with Crippen LogP contribution in [0.4, 0.5) is 0 Å². The van der Waals surface area contributed by atoms with Gasteiger partial charge in [-0.05, 0) is 30.1 Å². The predicted octanol–water partition coefficient (Wildman–Crippen LogP) is 2.43. The summed E-state index contributed by atoms with van der Waals surface area (Å²) in [7, 11) is 0. The highest BCUT2D eigenvalue weighted by atomic mass is 16.4. The lowest BCUT2D eigenvalue weighted by molar-refractivity contribution is -0.149. The molecule has 1 aliphatic rings. The maximum Gasteiger partial charge on any atom is 0.306 e. The highest BCUT2D eigenvalue weighted by Gasteiger charge is 2.47. The zero-order chi connectivity index (χ0) is 11.9. The zero-order valence-corrected chi connectivity index (χ0v) is 10.1. The Morgan fingerprint density at radius 2 is 1.47 bits per heavy atom. The van der Waals surface area contributed by atoms with Gasteiger partial charge in [0, 0.05) is 0 Å². The first kappa shape index (κ1) is 12.5. The zero-order valence-electron chi connectivity index (χ0n) is 10.1. The summed E-state index contributed by atoms with van der Waals surface area (Å²) < 4.78 is 0. The number of hydrogen-bond donors (Lipinski definition) is 2. The Morgan fingerprint density at radius 3 is 1.80 bits per heavy atom. The lowest BCUT2D eigenvalue weighted by atomic mass is 9.59. The first-order valence-corrected chi connectivity index (χ1v) is 5.48. The van der Waals surface area contributed by atoms with Gasteiger partial charge in [0.05, 0.1) is 12.0 Å². The number of carboxylic acids is 1. The van der Waals surface area contributed by atoms with Gasteiger partial charge in [0.25, 0.3) is 0 Å². The summed E-state index contributed by atoms with van der Waals surface area (Å²) in [5.41, 5.74) is -0.991. The predicted molar refractivity (Wildman–Crippen MR) is 58.6 cm³/mol. The average molecular weight is 214 g/mol. The number of carbonyl (C=O) groups is 1. The van der Waals surface area contributed by atoms with Gasteiger partial charge in [-0.1, -0.05) is 27.7 Å². The molecule has 0 radical (unpaired) electrons. The molecule has 0 amide bonds. The van der Waals surface area contributed by atoms with Gasteiger partial charge in [0.1, 0.15) is 0 Å². The maximum absolute atomic E-state index is 10.7. The average Bonchev–Trinajstić information content (AvgIpc) is 1.70. The van der Waals surface area contributed by atoms with Crippen LogP contribution in [0.5, 0.6) is 0 Å². The van der Waals surface area contributed by atoms with Crippen LogP contribution in [0.3, 0.4) is 0 Å². The first-order chi connectivity index (χ1) is 6.54. The molecule has 3 nitrogen and oxygen atoms in total. The third-order valence-corrected chi connectivity index (χ3v) is 3.05. The van der Waals surface area contributed by atoms with Crippen molar-refractivity contribution in [1.29, 1.82) is 0 Å². The van der Waals surface area contributed by atoms with Crippen LogP contribution in [0, 0.1) is 10.8 Å². The molecule has 1 fully saturated rings. The Balaban J connectivity index is 2.86. The summed E-state index contributed by atoms with van der Waals surface area (Å²) in [5, 5.41) is 19.1. The minimum absolute atomic E-state index is 0.0198. The molecule has 2 N–H and O–H groups in total. The van der Waals surface area contributed by atoms with Crippen LogP contribution in [0.1, 0.15) is 53.4 Å². The first-order valence-electron chi connectivity index (χ1n) is 5.48. The third-order valence-electron chi connectivity index (χ3n) is 3.05. The van der Waals surface area contributed by atoms with Crippen LogP contribution < -0.4 is 0 Å². The van der Waals surface area contributed by atoms with Crippen LogP contribution >= 0.6 is 0 Å². The summed E-state index contributed by atoms with van der Waals surface area (Å²) in [6, 6.07) is 0. The quantitative estimate of drug-likeness (QED) is 0.742. The van der Waals surface area contributed by atoms with Gasteiger partial charge in [-0.2, -0.15) is 0 Å². The van der Waals surface area contributed by atoms with Crippen molar-refractivity contribution in [2.45, 2.75) is 59.0 Å². The fourth-order valence-electron chi connectivity index (χ4n) is 3.67. The van der Waals surface area contributed by atoms with Gasteiger partial charge in [-0.25, -0.2) is 0 Å². The Hall–Kier alpha value is -0.570. The molecule has 0 atom stereocenters. The number of aliphatic hydroxyl groups is 1. The number of aliphatic carboxylic acids is 1. The fourth-order valence-corrected chi connectivity index (χ4v) is 3.67. The highest BCUT2D eigenvalue weighted by molar-refractivity contribution is 5.68. The van der Waals surface area contributed by atoms with E-state index in [1.54, 1.807) is 0 Å². The van der Waals surface area contributed by atoms with Crippen LogP contribution in [0.25, 0.3) is 0 Å². The molecule has 0 unspecified atom stereocenters. The molecular weight excluding hydrogens is 192 g/mol. The second-order valence-corrected chi connectivity index (χ2v) is 6.65. The van der Waals surface area contributed by atoms with Crippen molar-refractivity contribution in [1.82, 2.24) is 0 Å². The molecule has 0 aromatic rings. The van der Waals surface area contributed by atoms with Crippen LogP contribution in [-0.2, 0) is 4.79 Å². The Labute approximate surface area is 91.5 Å². The van der Waals surface area contributed by atoms with E-state index in [2.05, 4.69) is 27.7 Å².